The molecule has 0 aliphatic rings. The van der Waals surface area contributed by atoms with Crippen molar-refractivity contribution in [2.24, 2.45) is 0 Å². The highest BCUT2D eigenvalue weighted by atomic mass is 16.6. The fraction of sp³-hybridized carbons (Fsp3) is 0.150. The molecule has 0 saturated carbocycles. The second-order valence-corrected chi connectivity index (χ2v) is 5.96. The summed E-state index contributed by atoms with van der Waals surface area (Å²) in [7, 11) is 0. The molecule has 0 fully saturated rings. The smallest absolute Gasteiger partial charge is 0.341 e. The molecule has 1 N–H and O–H groups in total. The molecule has 140 valence electrons. The third-order valence-electron chi connectivity index (χ3n) is 4.19. The number of fused-ring (bicyclic) bond motifs is 1. The number of nitro groups is 1. The summed E-state index contributed by atoms with van der Waals surface area (Å²) in [6.07, 6.45) is 1.37. The van der Waals surface area contributed by atoms with Crippen LogP contribution in [0.4, 0.5) is 17.1 Å². The van der Waals surface area contributed by atoms with Crippen molar-refractivity contribution in [1.82, 2.24) is 4.98 Å². The Kier molecular flexibility index (Phi) is 5.18. The van der Waals surface area contributed by atoms with Gasteiger partial charge in [-0.2, -0.15) is 5.26 Å². The number of rotatable bonds is 5. The van der Waals surface area contributed by atoms with Gasteiger partial charge in [0.15, 0.2) is 0 Å². The summed E-state index contributed by atoms with van der Waals surface area (Å²) in [4.78, 5) is 27.2. The summed E-state index contributed by atoms with van der Waals surface area (Å²) >= 11 is 0. The number of para-hydroxylation sites is 1. The van der Waals surface area contributed by atoms with Crippen LogP contribution >= 0.6 is 0 Å². The number of pyridine rings is 1. The molecule has 0 unspecified atom stereocenters. The molecule has 8 nitrogen and oxygen atoms in total. The number of hydrogen-bond acceptors (Lipinski definition) is 7. The SMILES string of the molecule is CCOC(=O)c1cnc2c(C#N)cccc2c1Nc1ccc([N+](=O)[O-])cc1C. The topological polar surface area (TPSA) is 118 Å². The zero-order valence-corrected chi connectivity index (χ0v) is 15.2. The zero-order chi connectivity index (χ0) is 20.3. The first-order chi connectivity index (χ1) is 13.5. The van der Waals surface area contributed by atoms with Crippen LogP contribution in [0.1, 0.15) is 28.4 Å². The van der Waals surface area contributed by atoms with Crippen molar-refractivity contribution >= 4 is 33.9 Å². The first-order valence-corrected chi connectivity index (χ1v) is 8.47. The fourth-order valence-corrected chi connectivity index (χ4v) is 2.85. The van der Waals surface area contributed by atoms with Gasteiger partial charge in [0.05, 0.1) is 28.3 Å². The Labute approximate surface area is 160 Å². The van der Waals surface area contributed by atoms with Gasteiger partial charge in [-0.05, 0) is 31.5 Å². The number of carbonyl (C=O) groups is 1. The van der Waals surface area contributed by atoms with Crippen LogP contribution in [0.15, 0.2) is 42.6 Å². The summed E-state index contributed by atoms with van der Waals surface area (Å²) in [6.45, 7) is 3.63. The number of nitriles is 1. The first kappa shape index (κ1) is 18.8. The van der Waals surface area contributed by atoms with Crippen molar-refractivity contribution in [3.8, 4) is 6.07 Å². The number of aromatic nitrogens is 1. The minimum absolute atomic E-state index is 0.0278. The van der Waals surface area contributed by atoms with E-state index in [1.807, 2.05) is 0 Å². The molecular formula is C20H16N4O4. The quantitative estimate of drug-likeness (QED) is 0.402. The van der Waals surface area contributed by atoms with Gasteiger partial charge in [-0.15, -0.1) is 0 Å². The number of benzene rings is 2. The minimum atomic E-state index is -0.554. The summed E-state index contributed by atoms with van der Waals surface area (Å²) < 4.78 is 5.12. The number of ether oxygens (including phenoxy) is 1. The Morgan fingerprint density at radius 2 is 2.14 bits per heavy atom. The summed E-state index contributed by atoms with van der Waals surface area (Å²) in [5.41, 5.74) is 2.65. The van der Waals surface area contributed by atoms with Gasteiger partial charge in [-0.1, -0.05) is 12.1 Å². The number of aryl methyl sites for hydroxylation is 1. The Bertz CT molecular complexity index is 1130. The molecule has 3 rings (SSSR count). The molecule has 28 heavy (non-hydrogen) atoms. The van der Waals surface area contributed by atoms with E-state index in [0.29, 0.717) is 33.4 Å². The number of non-ortho nitro benzene ring substituents is 1. The Morgan fingerprint density at radius 1 is 1.36 bits per heavy atom. The molecule has 1 heterocycles. The lowest BCUT2D eigenvalue weighted by Crippen LogP contribution is -2.10. The fourth-order valence-electron chi connectivity index (χ4n) is 2.85. The van der Waals surface area contributed by atoms with E-state index >= 15 is 0 Å². The van der Waals surface area contributed by atoms with E-state index in [-0.39, 0.29) is 17.9 Å². The Hall–Kier alpha value is -3.99. The lowest BCUT2D eigenvalue weighted by molar-refractivity contribution is -0.384. The van der Waals surface area contributed by atoms with Gasteiger partial charge in [0.1, 0.15) is 11.6 Å². The predicted octanol–water partition coefficient (Wildman–Crippen LogP) is 4.24. The maximum Gasteiger partial charge on any atom is 0.341 e. The second-order valence-electron chi connectivity index (χ2n) is 5.96. The summed E-state index contributed by atoms with van der Waals surface area (Å²) in [6, 6.07) is 11.6. The largest absolute Gasteiger partial charge is 0.462 e. The molecule has 2 aromatic carbocycles. The van der Waals surface area contributed by atoms with Gasteiger partial charge in [-0.25, -0.2) is 4.79 Å². The van der Waals surface area contributed by atoms with Crippen molar-refractivity contribution in [3.05, 3.63) is 69.4 Å². The van der Waals surface area contributed by atoms with E-state index in [2.05, 4.69) is 16.4 Å². The molecule has 0 spiro atoms. The number of anilines is 2. The lowest BCUT2D eigenvalue weighted by atomic mass is 10.0. The number of hydrogen-bond donors (Lipinski definition) is 1. The Balaban J connectivity index is 2.19. The molecule has 0 bridgehead atoms. The van der Waals surface area contributed by atoms with E-state index in [1.54, 1.807) is 38.1 Å². The van der Waals surface area contributed by atoms with Crippen LogP contribution in [0.3, 0.4) is 0 Å². The number of nitrogens with one attached hydrogen (secondary N) is 1. The van der Waals surface area contributed by atoms with E-state index < -0.39 is 10.9 Å². The van der Waals surface area contributed by atoms with Crippen molar-refractivity contribution < 1.29 is 14.5 Å². The van der Waals surface area contributed by atoms with Crippen LogP contribution in [0.5, 0.6) is 0 Å². The number of carbonyl (C=O) groups excluding carboxylic acids is 1. The van der Waals surface area contributed by atoms with Crippen LogP contribution in [0.2, 0.25) is 0 Å². The standard InChI is InChI=1S/C20H16N4O4/c1-3-28-20(25)16-11-22-18-13(10-21)5-4-6-15(18)19(16)23-17-8-7-14(24(26)27)9-12(17)2/h4-9,11H,3H2,1-2H3,(H,22,23). The van der Waals surface area contributed by atoms with E-state index in [9.17, 15) is 20.2 Å². The molecule has 0 atom stereocenters. The predicted molar refractivity (Wildman–Crippen MR) is 104 cm³/mol. The van der Waals surface area contributed by atoms with Crippen LogP contribution in [0, 0.1) is 28.4 Å². The third-order valence-corrected chi connectivity index (χ3v) is 4.19. The van der Waals surface area contributed by atoms with Crippen molar-refractivity contribution in [2.75, 3.05) is 11.9 Å². The molecule has 0 amide bonds. The molecule has 0 aliphatic heterocycles. The minimum Gasteiger partial charge on any atom is -0.462 e. The van der Waals surface area contributed by atoms with E-state index in [4.69, 9.17) is 4.74 Å². The van der Waals surface area contributed by atoms with Gasteiger partial charge in [0, 0.05) is 29.4 Å². The van der Waals surface area contributed by atoms with Gasteiger partial charge < -0.3 is 10.1 Å². The lowest BCUT2D eigenvalue weighted by Gasteiger charge is -2.16. The number of nitrogens with zero attached hydrogens (tertiary/aromatic N) is 3. The molecule has 1 aromatic heterocycles. The Morgan fingerprint density at radius 3 is 2.79 bits per heavy atom. The highest BCUT2D eigenvalue weighted by Crippen LogP contribution is 2.33. The molecule has 0 radical (unpaired) electrons. The second kappa shape index (κ2) is 7.72. The van der Waals surface area contributed by atoms with Crippen LogP contribution in [0.25, 0.3) is 10.9 Å². The van der Waals surface area contributed by atoms with Crippen LogP contribution in [-0.4, -0.2) is 22.5 Å². The first-order valence-electron chi connectivity index (χ1n) is 8.47. The third kappa shape index (κ3) is 3.46. The van der Waals surface area contributed by atoms with Crippen LogP contribution < -0.4 is 5.32 Å². The zero-order valence-electron chi connectivity index (χ0n) is 15.2. The molecular weight excluding hydrogens is 360 g/mol. The number of nitro benzene ring substituents is 1. The molecule has 8 heteroatoms. The highest BCUT2D eigenvalue weighted by Gasteiger charge is 2.19. The van der Waals surface area contributed by atoms with E-state index in [0.717, 1.165) is 0 Å². The van der Waals surface area contributed by atoms with Crippen molar-refractivity contribution in [3.63, 3.8) is 0 Å². The molecule has 3 aromatic rings. The molecule has 0 saturated heterocycles. The van der Waals surface area contributed by atoms with Crippen molar-refractivity contribution in [1.29, 1.82) is 5.26 Å². The van der Waals surface area contributed by atoms with Gasteiger partial charge in [-0.3, -0.25) is 15.1 Å². The average Bonchev–Trinajstić information content (AvgIpc) is 2.69. The van der Waals surface area contributed by atoms with Gasteiger partial charge in [0.2, 0.25) is 0 Å². The maximum absolute atomic E-state index is 12.4. The number of esters is 1. The normalized spacial score (nSPS) is 10.3. The molecule has 0 aliphatic carbocycles. The summed E-state index contributed by atoms with van der Waals surface area (Å²) in [5, 5.41) is 24.0. The maximum atomic E-state index is 12.4. The van der Waals surface area contributed by atoms with Crippen molar-refractivity contribution in [2.45, 2.75) is 13.8 Å². The van der Waals surface area contributed by atoms with Gasteiger partial charge >= 0.3 is 5.97 Å². The summed E-state index contributed by atoms with van der Waals surface area (Å²) in [5.74, 6) is -0.554. The van der Waals surface area contributed by atoms with Gasteiger partial charge in [0.25, 0.3) is 5.69 Å². The van der Waals surface area contributed by atoms with E-state index in [1.165, 1.54) is 18.3 Å². The monoisotopic (exact) mass is 376 g/mol. The van der Waals surface area contributed by atoms with Crippen LogP contribution in [-0.2, 0) is 4.74 Å². The highest BCUT2D eigenvalue weighted by molar-refractivity contribution is 6.07. The average molecular weight is 376 g/mol.